The van der Waals surface area contributed by atoms with E-state index in [0.29, 0.717) is 21.8 Å². The monoisotopic (exact) mass is 383 g/mol. The standard InChI is InChI=1S/C19H14ClN3O2S/c20-15-6-1-4-13(10-15)18(24)22-16-7-2-5-14(11-16)19(25)23-21-12-17-8-3-9-26-17/h1-12H,(H,22,24)(H,23,25)/b21-12-. The van der Waals surface area contributed by atoms with Gasteiger partial charge in [-0.05, 0) is 47.8 Å². The average molecular weight is 384 g/mol. The van der Waals surface area contributed by atoms with Crippen molar-refractivity contribution in [2.45, 2.75) is 0 Å². The van der Waals surface area contributed by atoms with Gasteiger partial charge in [0.15, 0.2) is 0 Å². The molecule has 0 unspecified atom stereocenters. The minimum atomic E-state index is -0.364. The fourth-order valence-corrected chi connectivity index (χ4v) is 2.93. The van der Waals surface area contributed by atoms with E-state index >= 15 is 0 Å². The maximum Gasteiger partial charge on any atom is 0.271 e. The molecule has 5 nitrogen and oxygen atoms in total. The summed E-state index contributed by atoms with van der Waals surface area (Å²) in [5.41, 5.74) is 3.79. The summed E-state index contributed by atoms with van der Waals surface area (Å²) >= 11 is 7.42. The molecule has 26 heavy (non-hydrogen) atoms. The Hall–Kier alpha value is -2.96. The van der Waals surface area contributed by atoms with Crippen molar-refractivity contribution < 1.29 is 9.59 Å². The second-order valence-electron chi connectivity index (χ2n) is 5.26. The number of amides is 2. The van der Waals surface area contributed by atoms with Crippen LogP contribution in [0.15, 0.2) is 71.1 Å². The molecule has 0 saturated heterocycles. The molecule has 3 aromatic rings. The molecule has 1 heterocycles. The number of nitrogens with one attached hydrogen (secondary N) is 2. The number of hydrazone groups is 1. The first kappa shape index (κ1) is 17.8. The van der Waals surface area contributed by atoms with Crippen molar-refractivity contribution in [3.8, 4) is 0 Å². The second-order valence-corrected chi connectivity index (χ2v) is 6.68. The van der Waals surface area contributed by atoms with Crippen LogP contribution in [0.1, 0.15) is 25.6 Å². The fourth-order valence-electron chi connectivity index (χ4n) is 2.15. The SMILES string of the molecule is O=C(N/N=C\c1cccs1)c1cccc(NC(=O)c2cccc(Cl)c2)c1. The van der Waals surface area contributed by atoms with Gasteiger partial charge in [0.2, 0.25) is 0 Å². The molecule has 0 spiro atoms. The zero-order valence-electron chi connectivity index (χ0n) is 13.5. The van der Waals surface area contributed by atoms with Crippen LogP contribution >= 0.6 is 22.9 Å². The van der Waals surface area contributed by atoms with E-state index in [0.717, 1.165) is 4.88 Å². The van der Waals surface area contributed by atoms with E-state index in [4.69, 9.17) is 11.6 Å². The lowest BCUT2D eigenvalue weighted by Crippen LogP contribution is -2.18. The Labute approximate surface area is 159 Å². The Kier molecular flexibility index (Phi) is 5.78. The molecule has 0 fully saturated rings. The summed E-state index contributed by atoms with van der Waals surface area (Å²) < 4.78 is 0. The van der Waals surface area contributed by atoms with Crippen LogP contribution in [0.2, 0.25) is 5.02 Å². The van der Waals surface area contributed by atoms with E-state index in [1.54, 1.807) is 54.7 Å². The summed E-state index contributed by atoms with van der Waals surface area (Å²) in [4.78, 5) is 25.4. The lowest BCUT2D eigenvalue weighted by Gasteiger charge is -2.07. The van der Waals surface area contributed by atoms with Crippen LogP contribution < -0.4 is 10.7 Å². The topological polar surface area (TPSA) is 70.6 Å². The summed E-state index contributed by atoms with van der Waals surface area (Å²) in [5.74, 6) is -0.669. The van der Waals surface area contributed by atoms with Crippen molar-refractivity contribution >= 4 is 46.7 Å². The number of carbonyl (C=O) groups excluding carboxylic acids is 2. The lowest BCUT2D eigenvalue weighted by molar-refractivity contribution is 0.0953. The highest BCUT2D eigenvalue weighted by atomic mass is 35.5. The third-order valence-electron chi connectivity index (χ3n) is 3.37. The highest BCUT2D eigenvalue weighted by Gasteiger charge is 2.09. The van der Waals surface area contributed by atoms with Gasteiger partial charge in [-0.3, -0.25) is 9.59 Å². The second kappa shape index (κ2) is 8.42. The molecule has 0 aliphatic heterocycles. The minimum absolute atomic E-state index is 0.305. The third-order valence-corrected chi connectivity index (χ3v) is 4.41. The number of rotatable bonds is 5. The first-order chi connectivity index (χ1) is 12.6. The summed E-state index contributed by atoms with van der Waals surface area (Å²) in [6, 6.07) is 17.0. The molecule has 2 amide bonds. The van der Waals surface area contributed by atoms with Gasteiger partial charge in [-0.25, -0.2) is 5.43 Å². The van der Waals surface area contributed by atoms with Gasteiger partial charge >= 0.3 is 0 Å². The fraction of sp³-hybridized carbons (Fsp3) is 0. The molecular weight excluding hydrogens is 370 g/mol. The number of carbonyl (C=O) groups is 2. The molecule has 1 aromatic heterocycles. The molecule has 0 aliphatic rings. The molecule has 0 atom stereocenters. The predicted octanol–water partition coefficient (Wildman–Crippen LogP) is 4.42. The van der Waals surface area contributed by atoms with Crippen molar-refractivity contribution in [3.05, 3.63) is 87.1 Å². The van der Waals surface area contributed by atoms with Crippen molar-refractivity contribution in [1.82, 2.24) is 5.43 Å². The van der Waals surface area contributed by atoms with Gasteiger partial charge in [0.05, 0.1) is 6.21 Å². The van der Waals surface area contributed by atoms with Gasteiger partial charge in [-0.15, -0.1) is 11.3 Å². The molecule has 0 bridgehead atoms. The van der Waals surface area contributed by atoms with E-state index in [1.807, 2.05) is 17.5 Å². The lowest BCUT2D eigenvalue weighted by atomic mass is 10.1. The van der Waals surface area contributed by atoms with Gasteiger partial charge in [0.25, 0.3) is 11.8 Å². The predicted molar refractivity (Wildman–Crippen MR) is 105 cm³/mol. The van der Waals surface area contributed by atoms with Crippen LogP contribution in [-0.2, 0) is 0 Å². The van der Waals surface area contributed by atoms with Gasteiger partial charge in [0, 0.05) is 26.7 Å². The van der Waals surface area contributed by atoms with E-state index in [2.05, 4.69) is 15.8 Å². The van der Waals surface area contributed by atoms with Crippen molar-refractivity contribution in [1.29, 1.82) is 0 Å². The summed E-state index contributed by atoms with van der Waals surface area (Å²) in [6.45, 7) is 0. The number of hydrogen-bond acceptors (Lipinski definition) is 4. The average Bonchev–Trinajstić information content (AvgIpc) is 3.15. The molecule has 2 N–H and O–H groups in total. The van der Waals surface area contributed by atoms with E-state index in [1.165, 1.54) is 11.3 Å². The van der Waals surface area contributed by atoms with Crippen LogP contribution in [0.3, 0.4) is 0 Å². The van der Waals surface area contributed by atoms with Gasteiger partial charge in [0.1, 0.15) is 0 Å². The summed E-state index contributed by atoms with van der Waals surface area (Å²) in [6.07, 6.45) is 1.58. The molecule has 3 rings (SSSR count). The Balaban J connectivity index is 1.65. The highest BCUT2D eigenvalue weighted by Crippen LogP contribution is 2.15. The van der Waals surface area contributed by atoms with Crippen LogP contribution in [0.25, 0.3) is 0 Å². The normalized spacial score (nSPS) is 10.7. The molecule has 7 heteroatoms. The highest BCUT2D eigenvalue weighted by molar-refractivity contribution is 7.11. The summed E-state index contributed by atoms with van der Waals surface area (Å²) in [7, 11) is 0. The first-order valence-corrected chi connectivity index (χ1v) is 8.91. The molecule has 0 aliphatic carbocycles. The van der Waals surface area contributed by atoms with Crippen molar-refractivity contribution in [3.63, 3.8) is 0 Å². The molecule has 2 aromatic carbocycles. The van der Waals surface area contributed by atoms with Crippen LogP contribution in [0.5, 0.6) is 0 Å². The van der Waals surface area contributed by atoms with Crippen LogP contribution in [-0.4, -0.2) is 18.0 Å². The van der Waals surface area contributed by atoms with Gasteiger partial charge in [-0.2, -0.15) is 5.10 Å². The summed E-state index contributed by atoms with van der Waals surface area (Å²) in [5, 5.41) is 9.07. The Morgan fingerprint density at radius 2 is 1.73 bits per heavy atom. The largest absolute Gasteiger partial charge is 0.322 e. The number of halogens is 1. The molecule has 0 radical (unpaired) electrons. The Morgan fingerprint density at radius 3 is 2.46 bits per heavy atom. The molecule has 130 valence electrons. The zero-order valence-corrected chi connectivity index (χ0v) is 15.1. The number of benzene rings is 2. The maximum absolute atomic E-state index is 12.3. The minimum Gasteiger partial charge on any atom is -0.322 e. The van der Waals surface area contributed by atoms with Crippen molar-refractivity contribution in [2.75, 3.05) is 5.32 Å². The quantitative estimate of drug-likeness (QED) is 0.505. The molecular formula is C19H14ClN3O2S. The zero-order chi connectivity index (χ0) is 18.4. The van der Waals surface area contributed by atoms with Gasteiger partial charge < -0.3 is 5.32 Å². The van der Waals surface area contributed by atoms with Crippen LogP contribution in [0.4, 0.5) is 5.69 Å². The smallest absolute Gasteiger partial charge is 0.271 e. The van der Waals surface area contributed by atoms with E-state index in [-0.39, 0.29) is 11.8 Å². The Morgan fingerprint density at radius 1 is 0.962 bits per heavy atom. The number of nitrogens with zero attached hydrogens (tertiary/aromatic N) is 1. The van der Waals surface area contributed by atoms with Crippen molar-refractivity contribution in [2.24, 2.45) is 5.10 Å². The number of thiophene rings is 1. The van der Waals surface area contributed by atoms with Crippen LogP contribution in [0, 0.1) is 0 Å². The van der Waals surface area contributed by atoms with E-state index < -0.39 is 0 Å². The number of hydrogen-bond donors (Lipinski definition) is 2. The maximum atomic E-state index is 12.3. The third kappa shape index (κ3) is 4.78. The van der Waals surface area contributed by atoms with Gasteiger partial charge in [-0.1, -0.05) is 29.8 Å². The van der Waals surface area contributed by atoms with E-state index in [9.17, 15) is 9.59 Å². The first-order valence-electron chi connectivity index (χ1n) is 7.66. The Bertz CT molecular complexity index is 955. The number of anilines is 1. The molecule has 0 saturated carbocycles.